The average molecular weight is 352 g/mol. The number of ether oxygens (including phenoxy) is 2. The first kappa shape index (κ1) is 18.1. The van der Waals surface area contributed by atoms with Crippen LogP contribution in [0.15, 0.2) is 4.52 Å². The van der Waals surface area contributed by atoms with Crippen LogP contribution in [0.3, 0.4) is 0 Å². The third-order valence-electron chi connectivity index (χ3n) is 5.13. The molecule has 2 amide bonds. The van der Waals surface area contributed by atoms with E-state index in [2.05, 4.69) is 15.5 Å². The molecule has 1 aromatic rings. The summed E-state index contributed by atoms with van der Waals surface area (Å²) in [6, 6.07) is 0.578. The van der Waals surface area contributed by atoms with Crippen molar-refractivity contribution in [1.29, 1.82) is 0 Å². The molecule has 0 aliphatic carbocycles. The van der Waals surface area contributed by atoms with Crippen LogP contribution in [0, 0.1) is 0 Å². The van der Waals surface area contributed by atoms with Crippen LogP contribution in [0.25, 0.3) is 0 Å². The number of aromatic nitrogens is 2. The molecular formula is C17H28N4O4. The topological polar surface area (TPSA) is 89.7 Å². The van der Waals surface area contributed by atoms with E-state index in [1.54, 1.807) is 14.2 Å². The first-order chi connectivity index (χ1) is 12.2. The van der Waals surface area contributed by atoms with Gasteiger partial charge in [0.25, 0.3) is 0 Å². The largest absolute Gasteiger partial charge is 0.385 e. The molecule has 8 nitrogen and oxygen atoms in total. The van der Waals surface area contributed by atoms with E-state index in [0.29, 0.717) is 37.9 Å². The molecule has 25 heavy (non-hydrogen) atoms. The third-order valence-corrected chi connectivity index (χ3v) is 5.13. The molecule has 1 unspecified atom stereocenters. The lowest BCUT2D eigenvalue weighted by Crippen LogP contribution is -2.50. The third kappa shape index (κ3) is 4.30. The van der Waals surface area contributed by atoms with E-state index in [1.165, 1.54) is 0 Å². The van der Waals surface area contributed by atoms with Crippen LogP contribution < -0.4 is 5.32 Å². The molecular weight excluding hydrogens is 324 g/mol. The van der Waals surface area contributed by atoms with Gasteiger partial charge in [0.05, 0.1) is 6.61 Å². The summed E-state index contributed by atoms with van der Waals surface area (Å²) in [5, 5.41) is 7.05. The molecule has 8 heteroatoms. The Morgan fingerprint density at radius 1 is 1.24 bits per heavy atom. The number of methoxy groups -OCH3 is 2. The minimum Gasteiger partial charge on any atom is -0.385 e. The summed E-state index contributed by atoms with van der Waals surface area (Å²) in [5.41, 5.74) is 0. The lowest BCUT2D eigenvalue weighted by molar-refractivity contribution is 0.129. The Bertz CT molecular complexity index is 551. The molecule has 1 aromatic heterocycles. The molecule has 140 valence electrons. The summed E-state index contributed by atoms with van der Waals surface area (Å²) < 4.78 is 15.5. The highest BCUT2D eigenvalue weighted by Crippen LogP contribution is 2.42. The molecule has 0 spiro atoms. The van der Waals surface area contributed by atoms with Crippen LogP contribution in [0.1, 0.15) is 49.7 Å². The Morgan fingerprint density at radius 2 is 1.96 bits per heavy atom. The summed E-state index contributed by atoms with van der Waals surface area (Å²) in [7, 11) is 3.33. The van der Waals surface area contributed by atoms with Gasteiger partial charge in [-0.15, -0.1) is 0 Å². The molecule has 0 radical (unpaired) electrons. The zero-order valence-electron chi connectivity index (χ0n) is 15.1. The number of amides is 2. The number of fused-ring (bicyclic) bond motifs is 2. The molecule has 2 aliphatic heterocycles. The molecule has 2 aliphatic rings. The maximum atomic E-state index is 12.5. The van der Waals surface area contributed by atoms with E-state index in [4.69, 9.17) is 14.0 Å². The highest BCUT2D eigenvalue weighted by Gasteiger charge is 2.45. The normalized spacial score (nSPS) is 25.4. The zero-order chi connectivity index (χ0) is 17.6. The quantitative estimate of drug-likeness (QED) is 0.717. The summed E-state index contributed by atoms with van der Waals surface area (Å²) in [6.07, 6.45) is 5.40. The number of nitrogens with zero attached hydrogens (tertiary/aromatic N) is 3. The Balaban J connectivity index is 1.54. The minimum absolute atomic E-state index is 0.0494. The van der Waals surface area contributed by atoms with Crippen LogP contribution in [0.5, 0.6) is 0 Å². The smallest absolute Gasteiger partial charge is 0.317 e. The van der Waals surface area contributed by atoms with Gasteiger partial charge in [0.15, 0.2) is 5.82 Å². The van der Waals surface area contributed by atoms with Crippen molar-refractivity contribution >= 4 is 6.03 Å². The molecule has 0 saturated carbocycles. The summed E-state index contributed by atoms with van der Waals surface area (Å²) in [4.78, 5) is 19.0. The molecule has 1 N–H and O–H groups in total. The van der Waals surface area contributed by atoms with Gasteiger partial charge in [0.1, 0.15) is 0 Å². The highest BCUT2D eigenvalue weighted by molar-refractivity contribution is 5.75. The van der Waals surface area contributed by atoms with Crippen molar-refractivity contribution in [2.45, 2.75) is 56.5 Å². The molecule has 2 bridgehead atoms. The fourth-order valence-electron chi connectivity index (χ4n) is 3.94. The number of carbonyl (C=O) groups is 1. The average Bonchev–Trinajstić information content (AvgIpc) is 3.19. The van der Waals surface area contributed by atoms with Gasteiger partial charge in [-0.3, -0.25) is 0 Å². The fourth-order valence-corrected chi connectivity index (χ4v) is 3.94. The van der Waals surface area contributed by atoms with Gasteiger partial charge in [-0.25, -0.2) is 4.79 Å². The first-order valence-corrected chi connectivity index (χ1v) is 9.09. The van der Waals surface area contributed by atoms with Gasteiger partial charge in [0, 0.05) is 51.8 Å². The number of hydrogen-bond donors (Lipinski definition) is 1. The number of rotatable bonds is 8. The predicted molar refractivity (Wildman–Crippen MR) is 90.4 cm³/mol. The molecule has 2 saturated heterocycles. The van der Waals surface area contributed by atoms with E-state index >= 15 is 0 Å². The van der Waals surface area contributed by atoms with E-state index < -0.39 is 0 Å². The number of nitrogens with one attached hydrogen (secondary N) is 1. The van der Waals surface area contributed by atoms with E-state index in [1.807, 2.05) is 4.90 Å². The van der Waals surface area contributed by atoms with Gasteiger partial charge < -0.3 is 24.2 Å². The SMILES string of the molecule is COCCCNC(=O)N1[C@@H]2CC[C@H]1CC(c1nc(CCOC)no1)C2. The lowest BCUT2D eigenvalue weighted by atomic mass is 9.91. The van der Waals surface area contributed by atoms with Crippen LogP contribution in [0.4, 0.5) is 4.79 Å². The van der Waals surface area contributed by atoms with Crippen molar-refractivity contribution < 1.29 is 18.8 Å². The van der Waals surface area contributed by atoms with E-state index in [0.717, 1.165) is 32.1 Å². The number of hydrogen-bond acceptors (Lipinski definition) is 6. The maximum absolute atomic E-state index is 12.5. The van der Waals surface area contributed by atoms with Crippen molar-refractivity contribution in [3.63, 3.8) is 0 Å². The molecule has 3 heterocycles. The van der Waals surface area contributed by atoms with Crippen molar-refractivity contribution in [1.82, 2.24) is 20.4 Å². The Labute approximate surface area is 148 Å². The summed E-state index contributed by atoms with van der Waals surface area (Å²) in [5.74, 6) is 1.66. The lowest BCUT2D eigenvalue weighted by Gasteiger charge is -2.37. The number of piperidine rings is 1. The fraction of sp³-hybridized carbons (Fsp3) is 0.824. The highest BCUT2D eigenvalue weighted by atomic mass is 16.5. The molecule has 0 aromatic carbocycles. The second-order valence-electron chi connectivity index (χ2n) is 6.83. The standard InChI is InChI=1S/C17H28N4O4/c1-23-8-3-7-18-17(22)21-13-4-5-14(21)11-12(10-13)16-19-15(20-25-16)6-9-24-2/h12-14H,3-11H2,1-2H3,(H,18,22)/t12?,13-,14+. The van der Waals surface area contributed by atoms with Crippen molar-refractivity contribution in [2.75, 3.05) is 34.0 Å². The summed E-state index contributed by atoms with van der Waals surface area (Å²) in [6.45, 7) is 1.91. The van der Waals surface area contributed by atoms with Crippen LogP contribution in [-0.2, 0) is 15.9 Å². The number of urea groups is 1. The van der Waals surface area contributed by atoms with Crippen molar-refractivity contribution in [3.05, 3.63) is 11.7 Å². The predicted octanol–water partition coefficient (Wildman–Crippen LogP) is 1.72. The first-order valence-electron chi connectivity index (χ1n) is 9.09. The molecule has 3 atom stereocenters. The summed E-state index contributed by atoms with van der Waals surface area (Å²) >= 11 is 0. The maximum Gasteiger partial charge on any atom is 0.317 e. The van der Waals surface area contributed by atoms with Gasteiger partial charge in [-0.2, -0.15) is 4.98 Å². The van der Waals surface area contributed by atoms with Crippen molar-refractivity contribution in [2.24, 2.45) is 0 Å². The number of carbonyl (C=O) groups excluding carboxylic acids is 1. The van der Waals surface area contributed by atoms with Crippen molar-refractivity contribution in [3.8, 4) is 0 Å². The Morgan fingerprint density at radius 3 is 2.64 bits per heavy atom. The van der Waals surface area contributed by atoms with Crippen LogP contribution in [-0.4, -0.2) is 67.1 Å². The molecule has 3 rings (SSSR count). The monoisotopic (exact) mass is 352 g/mol. The van der Waals surface area contributed by atoms with Crippen LogP contribution >= 0.6 is 0 Å². The second-order valence-corrected chi connectivity index (χ2v) is 6.83. The van der Waals surface area contributed by atoms with Gasteiger partial charge >= 0.3 is 6.03 Å². The van der Waals surface area contributed by atoms with Gasteiger partial charge in [-0.1, -0.05) is 5.16 Å². The van der Waals surface area contributed by atoms with Gasteiger partial charge in [-0.05, 0) is 32.1 Å². The van der Waals surface area contributed by atoms with E-state index in [-0.39, 0.29) is 24.0 Å². The second kappa shape index (κ2) is 8.62. The zero-order valence-corrected chi connectivity index (χ0v) is 15.1. The Kier molecular flexibility index (Phi) is 6.25. The van der Waals surface area contributed by atoms with Crippen LogP contribution in [0.2, 0.25) is 0 Å². The van der Waals surface area contributed by atoms with Gasteiger partial charge in [0.2, 0.25) is 5.89 Å². The molecule has 2 fully saturated rings. The Hall–Kier alpha value is -1.67. The minimum atomic E-state index is 0.0494. The van der Waals surface area contributed by atoms with E-state index in [9.17, 15) is 4.79 Å².